The second kappa shape index (κ2) is 5.71. The third-order valence-electron chi connectivity index (χ3n) is 1.31. The molecule has 0 bridgehead atoms. The van der Waals surface area contributed by atoms with Crippen molar-refractivity contribution in [3.05, 3.63) is 0 Å². The molecule has 0 aliphatic rings. The molecule has 12 heavy (non-hydrogen) atoms. The first-order valence-corrected chi connectivity index (χ1v) is 4.04. The van der Waals surface area contributed by atoms with Crippen LogP contribution in [0.1, 0.15) is 26.7 Å². The van der Waals surface area contributed by atoms with E-state index in [0.29, 0.717) is 19.4 Å². The first-order chi connectivity index (χ1) is 5.52. The van der Waals surface area contributed by atoms with Crippen LogP contribution in [0.5, 0.6) is 0 Å². The van der Waals surface area contributed by atoms with Gasteiger partial charge in [-0.2, -0.15) is 0 Å². The lowest BCUT2D eigenvalue weighted by Gasteiger charge is -2.05. The molecule has 4 heteroatoms. The number of Topliss-reactive ketones (excluding diaryl/α,β-unsaturated/α-hetero) is 1. The summed E-state index contributed by atoms with van der Waals surface area (Å²) in [5.41, 5.74) is 5.40. The summed E-state index contributed by atoms with van der Waals surface area (Å²) < 4.78 is 0. The summed E-state index contributed by atoms with van der Waals surface area (Å²) >= 11 is 0. The van der Waals surface area contributed by atoms with Gasteiger partial charge in [-0.25, -0.2) is 0 Å². The second-order valence-electron chi connectivity index (χ2n) is 2.98. The molecule has 0 spiro atoms. The number of nitrogens with two attached hydrogens (primary N) is 1. The predicted molar refractivity (Wildman–Crippen MR) is 46.6 cm³/mol. The quantitative estimate of drug-likeness (QED) is 0.604. The van der Waals surface area contributed by atoms with Gasteiger partial charge in [0, 0.05) is 25.4 Å². The fourth-order valence-corrected chi connectivity index (χ4v) is 0.743. The van der Waals surface area contributed by atoms with Crippen LogP contribution in [0.4, 0.5) is 0 Å². The van der Waals surface area contributed by atoms with Crippen LogP contribution in [0.25, 0.3) is 0 Å². The van der Waals surface area contributed by atoms with Gasteiger partial charge in [0.1, 0.15) is 5.78 Å². The molecule has 0 unspecified atom stereocenters. The molecular weight excluding hydrogens is 156 g/mol. The van der Waals surface area contributed by atoms with Crippen LogP contribution in [0.2, 0.25) is 0 Å². The highest BCUT2D eigenvalue weighted by Crippen LogP contribution is 1.86. The predicted octanol–water partition coefficient (Wildman–Crippen LogP) is -0.181. The molecule has 0 saturated carbocycles. The molecule has 1 amide bonds. The zero-order chi connectivity index (χ0) is 9.56. The van der Waals surface area contributed by atoms with Crippen molar-refractivity contribution in [2.45, 2.75) is 32.7 Å². The summed E-state index contributed by atoms with van der Waals surface area (Å²) in [6.07, 6.45) is 0.711. The van der Waals surface area contributed by atoms with Crippen molar-refractivity contribution >= 4 is 11.7 Å². The minimum absolute atomic E-state index is 0.0797. The summed E-state index contributed by atoms with van der Waals surface area (Å²) in [6.45, 7) is 3.68. The molecule has 70 valence electrons. The molecule has 0 aromatic rings. The molecule has 0 aromatic carbocycles. The van der Waals surface area contributed by atoms with Crippen molar-refractivity contribution in [3.8, 4) is 0 Å². The van der Waals surface area contributed by atoms with Crippen LogP contribution in [-0.2, 0) is 9.59 Å². The van der Waals surface area contributed by atoms with Crippen molar-refractivity contribution in [2.24, 2.45) is 5.73 Å². The van der Waals surface area contributed by atoms with Gasteiger partial charge < -0.3 is 11.1 Å². The number of carbonyl (C=O) groups excluding carboxylic acids is 2. The lowest BCUT2D eigenvalue weighted by molar-refractivity contribution is -0.121. The van der Waals surface area contributed by atoms with E-state index in [1.54, 1.807) is 6.92 Å². The van der Waals surface area contributed by atoms with Crippen molar-refractivity contribution in [1.29, 1.82) is 0 Å². The van der Waals surface area contributed by atoms with Crippen LogP contribution in [0.15, 0.2) is 0 Å². The maximum atomic E-state index is 10.9. The molecule has 0 fully saturated rings. The van der Waals surface area contributed by atoms with Crippen LogP contribution < -0.4 is 11.1 Å². The van der Waals surface area contributed by atoms with Crippen molar-refractivity contribution in [2.75, 3.05) is 6.54 Å². The third-order valence-corrected chi connectivity index (χ3v) is 1.31. The number of nitrogens with one attached hydrogen (secondary N) is 1. The minimum Gasteiger partial charge on any atom is -0.356 e. The van der Waals surface area contributed by atoms with Gasteiger partial charge in [0.25, 0.3) is 0 Å². The van der Waals surface area contributed by atoms with E-state index in [-0.39, 0.29) is 17.7 Å². The first kappa shape index (κ1) is 11.1. The van der Waals surface area contributed by atoms with Gasteiger partial charge in [0.2, 0.25) is 5.91 Å². The fraction of sp³-hybridized carbons (Fsp3) is 0.750. The van der Waals surface area contributed by atoms with E-state index in [1.807, 2.05) is 0 Å². The Bertz CT molecular complexity index is 166. The van der Waals surface area contributed by atoms with Crippen LogP contribution in [0.3, 0.4) is 0 Å². The Morgan fingerprint density at radius 1 is 1.50 bits per heavy atom. The Hall–Kier alpha value is -0.900. The first-order valence-electron chi connectivity index (χ1n) is 4.04. The fourth-order valence-electron chi connectivity index (χ4n) is 0.743. The molecule has 1 atom stereocenters. The van der Waals surface area contributed by atoms with E-state index in [1.165, 1.54) is 6.92 Å². The molecule has 0 rings (SSSR count). The Labute approximate surface area is 72.5 Å². The maximum Gasteiger partial charge on any atom is 0.221 e. The summed E-state index contributed by atoms with van der Waals surface area (Å²) in [4.78, 5) is 21.4. The summed E-state index contributed by atoms with van der Waals surface area (Å²) in [5, 5.41) is 2.61. The highest BCUT2D eigenvalue weighted by atomic mass is 16.1. The van der Waals surface area contributed by atoms with Crippen molar-refractivity contribution in [3.63, 3.8) is 0 Å². The number of hydrogen-bond acceptors (Lipinski definition) is 3. The molecule has 3 N–H and O–H groups in total. The zero-order valence-corrected chi connectivity index (χ0v) is 7.59. The van der Waals surface area contributed by atoms with Crippen molar-refractivity contribution in [1.82, 2.24) is 5.32 Å². The Morgan fingerprint density at radius 2 is 2.08 bits per heavy atom. The third kappa shape index (κ3) is 7.21. The van der Waals surface area contributed by atoms with Crippen LogP contribution >= 0.6 is 0 Å². The van der Waals surface area contributed by atoms with E-state index in [4.69, 9.17) is 5.73 Å². The summed E-state index contributed by atoms with van der Waals surface area (Å²) in [7, 11) is 0. The van der Waals surface area contributed by atoms with Gasteiger partial charge in [-0.3, -0.25) is 9.59 Å². The molecule has 0 heterocycles. The lowest BCUT2D eigenvalue weighted by atomic mass is 10.2. The van der Waals surface area contributed by atoms with E-state index in [9.17, 15) is 9.59 Å². The Kier molecular flexibility index (Phi) is 5.28. The smallest absolute Gasteiger partial charge is 0.221 e. The van der Waals surface area contributed by atoms with Crippen molar-refractivity contribution < 1.29 is 9.59 Å². The molecule has 4 nitrogen and oxygen atoms in total. The molecular formula is C8H16N2O2. The lowest BCUT2D eigenvalue weighted by Crippen LogP contribution is -2.31. The van der Waals surface area contributed by atoms with E-state index < -0.39 is 0 Å². The molecule has 0 aromatic heterocycles. The Balaban J connectivity index is 3.38. The molecule has 0 aliphatic carbocycles. The largest absolute Gasteiger partial charge is 0.356 e. The number of ketones is 1. The maximum absolute atomic E-state index is 10.9. The van der Waals surface area contributed by atoms with Gasteiger partial charge in [0.15, 0.2) is 0 Å². The number of amides is 1. The molecule has 0 radical (unpaired) electrons. The van der Waals surface area contributed by atoms with Crippen LogP contribution in [-0.4, -0.2) is 24.3 Å². The van der Waals surface area contributed by atoms with E-state index in [0.717, 1.165) is 0 Å². The zero-order valence-electron chi connectivity index (χ0n) is 7.59. The number of carbonyl (C=O) groups is 2. The molecule has 0 saturated heterocycles. The Morgan fingerprint density at radius 3 is 2.50 bits per heavy atom. The normalized spacial score (nSPS) is 12.2. The van der Waals surface area contributed by atoms with E-state index >= 15 is 0 Å². The number of hydrogen-bond donors (Lipinski definition) is 2. The summed E-state index contributed by atoms with van der Waals surface area (Å²) in [6, 6.07) is -0.123. The van der Waals surface area contributed by atoms with E-state index in [2.05, 4.69) is 5.32 Å². The topological polar surface area (TPSA) is 72.2 Å². The monoisotopic (exact) mass is 172 g/mol. The van der Waals surface area contributed by atoms with Gasteiger partial charge in [-0.1, -0.05) is 0 Å². The van der Waals surface area contributed by atoms with Gasteiger partial charge in [-0.15, -0.1) is 0 Å². The summed E-state index contributed by atoms with van der Waals surface area (Å²) in [5.74, 6) is -0.0117. The van der Waals surface area contributed by atoms with Crippen LogP contribution in [0, 0.1) is 0 Å². The van der Waals surface area contributed by atoms with Gasteiger partial charge in [-0.05, 0) is 13.8 Å². The second-order valence-corrected chi connectivity index (χ2v) is 2.98. The van der Waals surface area contributed by atoms with Gasteiger partial charge in [0.05, 0.1) is 0 Å². The number of rotatable bonds is 5. The highest BCUT2D eigenvalue weighted by Gasteiger charge is 2.03. The van der Waals surface area contributed by atoms with Gasteiger partial charge >= 0.3 is 0 Å². The average Bonchev–Trinajstić information content (AvgIpc) is 1.84. The standard InChI is InChI=1S/C8H16N2O2/c1-6(9)5-8(12)10-4-3-7(2)11/h6H,3-5,9H2,1-2H3,(H,10,12)/t6-/m0/s1. The average molecular weight is 172 g/mol. The molecule has 0 aliphatic heterocycles. The minimum atomic E-state index is -0.123. The highest BCUT2D eigenvalue weighted by molar-refractivity contribution is 5.78. The SMILES string of the molecule is CC(=O)CCNC(=O)C[C@H](C)N.